The van der Waals surface area contributed by atoms with Crippen molar-refractivity contribution in [2.75, 3.05) is 12.3 Å². The molecule has 0 unspecified atom stereocenters. The minimum Gasteiger partial charge on any atom is -0.330 e. The minimum absolute atomic E-state index is 0.773. The smallest absolute Gasteiger partial charge is 0.00723 e. The summed E-state index contributed by atoms with van der Waals surface area (Å²) >= 11 is 1.87. The zero-order valence-corrected chi connectivity index (χ0v) is 10.6. The highest BCUT2D eigenvalue weighted by Gasteiger charge is 1.97. The fourth-order valence-corrected chi connectivity index (χ4v) is 2.52. The van der Waals surface area contributed by atoms with Crippen molar-refractivity contribution in [2.45, 2.75) is 11.3 Å². The van der Waals surface area contributed by atoms with Crippen molar-refractivity contribution < 1.29 is 0 Å². The number of hydrogen-bond acceptors (Lipinski definition) is 2. The van der Waals surface area contributed by atoms with Gasteiger partial charge in [0.05, 0.1) is 0 Å². The van der Waals surface area contributed by atoms with Crippen LogP contribution in [0.5, 0.6) is 0 Å². The average Bonchev–Trinajstić information content (AvgIpc) is 2.41. The van der Waals surface area contributed by atoms with Crippen molar-refractivity contribution in [3.8, 4) is 11.1 Å². The van der Waals surface area contributed by atoms with Crippen LogP contribution >= 0.6 is 11.8 Å². The molecule has 2 rings (SSSR count). The number of thioether (sulfide) groups is 1. The molecule has 17 heavy (non-hydrogen) atoms. The van der Waals surface area contributed by atoms with Crippen molar-refractivity contribution in [3.05, 3.63) is 54.6 Å². The molecule has 0 amide bonds. The van der Waals surface area contributed by atoms with Crippen LogP contribution in [0.1, 0.15) is 6.42 Å². The number of nitrogens with two attached hydrogens (primary N) is 1. The summed E-state index contributed by atoms with van der Waals surface area (Å²) in [6.45, 7) is 0.773. The van der Waals surface area contributed by atoms with E-state index in [-0.39, 0.29) is 0 Å². The van der Waals surface area contributed by atoms with Gasteiger partial charge in [-0.15, -0.1) is 11.8 Å². The van der Waals surface area contributed by atoms with Gasteiger partial charge in [-0.3, -0.25) is 0 Å². The van der Waals surface area contributed by atoms with Crippen molar-refractivity contribution in [2.24, 2.45) is 5.73 Å². The normalized spacial score (nSPS) is 10.4. The van der Waals surface area contributed by atoms with Gasteiger partial charge in [0.2, 0.25) is 0 Å². The Labute approximate surface area is 107 Å². The third kappa shape index (κ3) is 3.62. The van der Waals surface area contributed by atoms with Crippen molar-refractivity contribution in [1.82, 2.24) is 0 Å². The lowest BCUT2D eigenvalue weighted by Crippen LogP contribution is -1.99. The number of rotatable bonds is 5. The van der Waals surface area contributed by atoms with Gasteiger partial charge in [-0.1, -0.05) is 42.5 Å². The molecule has 88 valence electrons. The lowest BCUT2D eigenvalue weighted by molar-refractivity contribution is 0.943. The molecule has 2 aromatic rings. The Hall–Kier alpha value is -1.25. The fraction of sp³-hybridized carbons (Fsp3) is 0.200. The van der Waals surface area contributed by atoms with E-state index in [2.05, 4.69) is 48.5 Å². The predicted molar refractivity (Wildman–Crippen MR) is 76.3 cm³/mol. The molecule has 0 saturated carbocycles. The molecule has 0 radical (unpaired) electrons. The van der Waals surface area contributed by atoms with E-state index in [1.165, 1.54) is 16.0 Å². The predicted octanol–water partition coefficient (Wildman–Crippen LogP) is 3.79. The highest BCUT2D eigenvalue weighted by atomic mass is 32.2. The van der Waals surface area contributed by atoms with Gasteiger partial charge in [-0.05, 0) is 42.0 Å². The topological polar surface area (TPSA) is 26.0 Å². The third-order valence-corrected chi connectivity index (χ3v) is 3.68. The summed E-state index contributed by atoms with van der Waals surface area (Å²) in [7, 11) is 0. The molecule has 0 aliphatic heterocycles. The first-order valence-electron chi connectivity index (χ1n) is 5.88. The first-order chi connectivity index (χ1) is 8.40. The second kappa shape index (κ2) is 6.48. The molecule has 0 heterocycles. The van der Waals surface area contributed by atoms with Crippen LogP contribution in [0.25, 0.3) is 11.1 Å². The second-order valence-corrected chi connectivity index (χ2v) is 5.05. The summed E-state index contributed by atoms with van der Waals surface area (Å²) in [5.74, 6) is 1.10. The summed E-state index contributed by atoms with van der Waals surface area (Å²) < 4.78 is 0. The zero-order chi connectivity index (χ0) is 11.9. The molecule has 2 N–H and O–H groups in total. The van der Waals surface area contributed by atoms with E-state index in [0.29, 0.717) is 0 Å². The standard InChI is InChI=1S/C15H17NS/c16-11-4-12-17-15-9-7-14(8-10-15)13-5-2-1-3-6-13/h1-3,5-10H,4,11-12,16H2. The van der Waals surface area contributed by atoms with Gasteiger partial charge in [0, 0.05) is 4.90 Å². The fourth-order valence-electron chi connectivity index (χ4n) is 1.65. The highest BCUT2D eigenvalue weighted by molar-refractivity contribution is 7.99. The molecule has 1 nitrogen and oxygen atoms in total. The van der Waals surface area contributed by atoms with Crippen LogP contribution in [0.4, 0.5) is 0 Å². The molecule has 2 heteroatoms. The van der Waals surface area contributed by atoms with Gasteiger partial charge in [0.25, 0.3) is 0 Å². The molecule has 2 aromatic carbocycles. The van der Waals surface area contributed by atoms with Crippen LogP contribution in [0.3, 0.4) is 0 Å². The molecule has 0 spiro atoms. The molecule has 0 atom stereocenters. The van der Waals surface area contributed by atoms with Crippen molar-refractivity contribution >= 4 is 11.8 Å². The SMILES string of the molecule is NCCCSc1ccc(-c2ccccc2)cc1. The van der Waals surface area contributed by atoms with Gasteiger partial charge in [0.1, 0.15) is 0 Å². The van der Waals surface area contributed by atoms with E-state index in [1.54, 1.807) is 0 Å². The Bertz CT molecular complexity index is 436. The first-order valence-corrected chi connectivity index (χ1v) is 6.87. The largest absolute Gasteiger partial charge is 0.330 e. The van der Waals surface area contributed by atoms with E-state index in [4.69, 9.17) is 5.73 Å². The quantitative estimate of drug-likeness (QED) is 0.638. The molecule has 0 aliphatic rings. The molecular formula is C15H17NS. The Morgan fingerprint density at radius 2 is 1.47 bits per heavy atom. The Balaban J connectivity index is 2.03. The van der Waals surface area contributed by atoms with Crippen molar-refractivity contribution in [3.63, 3.8) is 0 Å². The van der Waals surface area contributed by atoms with Crippen molar-refractivity contribution in [1.29, 1.82) is 0 Å². The van der Waals surface area contributed by atoms with E-state index >= 15 is 0 Å². The zero-order valence-electron chi connectivity index (χ0n) is 9.80. The van der Waals surface area contributed by atoms with E-state index < -0.39 is 0 Å². The van der Waals surface area contributed by atoms with Crippen LogP contribution in [-0.2, 0) is 0 Å². The summed E-state index contributed by atoms with van der Waals surface area (Å²) in [4.78, 5) is 1.32. The van der Waals surface area contributed by atoms with E-state index in [1.807, 2.05) is 17.8 Å². The van der Waals surface area contributed by atoms with Gasteiger partial charge in [0.15, 0.2) is 0 Å². The van der Waals surface area contributed by atoms with Gasteiger partial charge in [-0.2, -0.15) is 0 Å². The summed E-state index contributed by atoms with van der Waals surface area (Å²) in [6.07, 6.45) is 1.07. The summed E-state index contributed by atoms with van der Waals surface area (Å²) in [5.41, 5.74) is 8.02. The Kier molecular flexibility index (Phi) is 4.65. The molecule has 0 fully saturated rings. The van der Waals surface area contributed by atoms with Crippen LogP contribution in [0.2, 0.25) is 0 Å². The summed E-state index contributed by atoms with van der Waals surface area (Å²) in [6, 6.07) is 19.2. The second-order valence-electron chi connectivity index (χ2n) is 3.88. The van der Waals surface area contributed by atoms with Gasteiger partial charge >= 0.3 is 0 Å². The Morgan fingerprint density at radius 1 is 0.824 bits per heavy atom. The van der Waals surface area contributed by atoms with Crippen LogP contribution < -0.4 is 5.73 Å². The minimum atomic E-state index is 0.773. The van der Waals surface area contributed by atoms with Gasteiger partial charge < -0.3 is 5.73 Å². The monoisotopic (exact) mass is 243 g/mol. The molecule has 0 saturated heterocycles. The average molecular weight is 243 g/mol. The first kappa shape index (κ1) is 12.2. The molecular weight excluding hydrogens is 226 g/mol. The maximum Gasteiger partial charge on any atom is 0.00723 e. The molecule has 0 bridgehead atoms. The Morgan fingerprint density at radius 3 is 2.12 bits per heavy atom. The molecule has 0 aliphatic carbocycles. The lowest BCUT2D eigenvalue weighted by atomic mass is 10.1. The van der Waals surface area contributed by atoms with Crippen LogP contribution in [0, 0.1) is 0 Å². The maximum atomic E-state index is 5.48. The highest BCUT2D eigenvalue weighted by Crippen LogP contribution is 2.24. The van der Waals surface area contributed by atoms with E-state index in [0.717, 1.165) is 18.7 Å². The van der Waals surface area contributed by atoms with Crippen LogP contribution in [-0.4, -0.2) is 12.3 Å². The summed E-state index contributed by atoms with van der Waals surface area (Å²) in [5, 5.41) is 0. The third-order valence-electron chi connectivity index (χ3n) is 2.58. The van der Waals surface area contributed by atoms with Crippen LogP contribution in [0.15, 0.2) is 59.5 Å². The van der Waals surface area contributed by atoms with E-state index in [9.17, 15) is 0 Å². The van der Waals surface area contributed by atoms with Gasteiger partial charge in [-0.25, -0.2) is 0 Å². The number of benzene rings is 2. The lowest BCUT2D eigenvalue weighted by Gasteiger charge is -2.04. The number of hydrogen-bond donors (Lipinski definition) is 1. The molecule has 0 aromatic heterocycles. The maximum absolute atomic E-state index is 5.48.